The normalized spacial score (nSPS) is 12.0. The van der Waals surface area contributed by atoms with Gasteiger partial charge in [-0.05, 0) is 0 Å². The van der Waals surface area contributed by atoms with Crippen molar-refractivity contribution >= 4 is 33.5 Å². The van der Waals surface area contributed by atoms with Crippen LogP contribution in [0.4, 0.5) is 0 Å². The fourth-order valence-electron chi connectivity index (χ4n) is 0.468. The van der Waals surface area contributed by atoms with Gasteiger partial charge in [0, 0.05) is 47.0 Å². The van der Waals surface area contributed by atoms with Crippen LogP contribution in [0.2, 0.25) is 0 Å². The van der Waals surface area contributed by atoms with Gasteiger partial charge in [-0.2, -0.15) is 0 Å². The summed E-state index contributed by atoms with van der Waals surface area (Å²) in [7, 11) is -2.43. The second kappa shape index (κ2) is 17.2. The molecule has 116 valence electrons. The maximum absolute atomic E-state index is 10.8. The van der Waals surface area contributed by atoms with Gasteiger partial charge < -0.3 is 20.4 Å². The molecule has 10 heteroatoms. The average Bonchev–Trinajstić information content (AvgIpc) is 2.15. The van der Waals surface area contributed by atoms with E-state index in [1.54, 1.807) is 0 Å². The fraction of sp³-hybridized carbons (Fsp3) is 0.778. The number of carbonyl (C=O) groups is 2. The van der Waals surface area contributed by atoms with E-state index in [-0.39, 0.29) is 29.8 Å². The number of rotatable bonds is 6. The smallest absolute Gasteiger partial charge is 0.300 e. The summed E-state index contributed by atoms with van der Waals surface area (Å²) < 4.78 is 21.6. The van der Waals surface area contributed by atoms with E-state index in [4.69, 9.17) is 30.0 Å². The van der Waals surface area contributed by atoms with Crippen molar-refractivity contribution in [3.8, 4) is 0 Å². The summed E-state index contributed by atoms with van der Waals surface area (Å²) in [6, 6.07) is 0. The molecule has 0 aliphatic heterocycles. The molecule has 2 unspecified atom stereocenters. The number of aliphatic hydroxyl groups is 2. The summed E-state index contributed by atoms with van der Waals surface area (Å²) in [5, 5.41) is 31.6. The predicted octanol–water partition coefficient (Wildman–Crippen LogP) is -1.39. The molecule has 0 rings (SSSR count). The second-order valence-corrected chi connectivity index (χ2v) is 6.41. The minimum absolute atomic E-state index is 0.0567. The molecule has 0 aromatic heterocycles. The van der Waals surface area contributed by atoms with Crippen LogP contribution >= 0.6 is 0 Å². The highest BCUT2D eigenvalue weighted by Crippen LogP contribution is 1.88. The highest BCUT2D eigenvalue weighted by Gasteiger charge is 2.04. The van der Waals surface area contributed by atoms with E-state index < -0.39 is 33.5 Å². The lowest BCUT2D eigenvalue weighted by Gasteiger charge is -1.98. The van der Waals surface area contributed by atoms with E-state index in [1.807, 2.05) is 0 Å². The van der Waals surface area contributed by atoms with Crippen LogP contribution in [0.1, 0.15) is 13.8 Å². The minimum atomic E-state index is -1.21. The van der Waals surface area contributed by atoms with Crippen molar-refractivity contribution in [3.63, 3.8) is 0 Å². The quantitative estimate of drug-likeness (QED) is 0.467. The van der Waals surface area contributed by atoms with Crippen molar-refractivity contribution in [1.29, 1.82) is 0 Å². The number of carboxylic acids is 2. The van der Waals surface area contributed by atoms with Crippen molar-refractivity contribution in [2.24, 2.45) is 0 Å². The molecule has 19 heavy (non-hydrogen) atoms. The van der Waals surface area contributed by atoms with Gasteiger partial charge in [-0.15, -0.1) is 0 Å². The molecule has 0 fully saturated rings. The summed E-state index contributed by atoms with van der Waals surface area (Å²) >= 11 is 0. The molecule has 8 nitrogen and oxygen atoms in total. The third kappa shape index (κ3) is 47.0. The molecule has 2 atom stereocenters. The number of aliphatic hydroxyl groups excluding tert-OH is 2. The summed E-state index contributed by atoms with van der Waals surface area (Å²) in [6.45, 7) is 1.87. The second-order valence-electron chi connectivity index (χ2n) is 2.89. The Morgan fingerprint density at radius 1 is 0.842 bits per heavy atom. The lowest BCUT2D eigenvalue weighted by atomic mass is 10.9. The molecule has 0 saturated heterocycles. The first-order valence-corrected chi connectivity index (χ1v) is 7.95. The highest BCUT2D eigenvalue weighted by molar-refractivity contribution is 8.01. The van der Waals surface area contributed by atoms with Crippen LogP contribution in [0, 0.1) is 0 Å². The van der Waals surface area contributed by atoms with Gasteiger partial charge in [-0.1, -0.05) is 0 Å². The Morgan fingerprint density at radius 2 is 1.05 bits per heavy atom. The van der Waals surface area contributed by atoms with E-state index in [0.29, 0.717) is 0 Å². The van der Waals surface area contributed by atoms with Crippen LogP contribution in [-0.2, 0) is 31.2 Å². The maximum Gasteiger partial charge on any atom is 0.300 e. The van der Waals surface area contributed by atoms with E-state index in [0.717, 1.165) is 13.8 Å². The molecule has 0 radical (unpaired) electrons. The molecule has 0 aliphatic rings. The molecule has 0 amide bonds. The molecule has 0 bridgehead atoms. The molecule has 0 aliphatic carbocycles. The van der Waals surface area contributed by atoms with Gasteiger partial charge in [-0.25, -0.2) is 0 Å². The third-order valence-electron chi connectivity index (χ3n) is 0.901. The van der Waals surface area contributed by atoms with Crippen LogP contribution in [0.3, 0.4) is 0 Å². The first kappa shape index (κ1) is 23.3. The summed E-state index contributed by atoms with van der Waals surface area (Å²) in [5.74, 6) is -1.34. The van der Waals surface area contributed by atoms with Crippen LogP contribution in [0.15, 0.2) is 0 Å². The Hall–Kier alpha value is -0.840. The molecule has 0 aromatic carbocycles. The van der Waals surface area contributed by atoms with Gasteiger partial charge in [0.1, 0.15) is 0 Å². The number of hydrogen-bond acceptors (Lipinski definition) is 6. The van der Waals surface area contributed by atoms with Gasteiger partial charge in [-0.3, -0.25) is 18.0 Å². The van der Waals surface area contributed by atoms with Crippen molar-refractivity contribution in [3.05, 3.63) is 0 Å². The zero-order chi connectivity index (χ0) is 15.8. The summed E-state index contributed by atoms with van der Waals surface area (Å²) in [4.78, 5) is 18.0. The Labute approximate surface area is 116 Å². The standard InChI is InChI=1S/C5H12O4S2.2C2H4O2/c6-1-3-10(8)5-11(9)4-2-7;2*1-2(3)4/h6-7H,1-5H2;2*1H3,(H,3,4). The highest BCUT2D eigenvalue weighted by atomic mass is 32.2. The Kier molecular flexibility index (Phi) is 21.0. The largest absolute Gasteiger partial charge is 0.481 e. The Morgan fingerprint density at radius 3 is 1.21 bits per heavy atom. The van der Waals surface area contributed by atoms with Gasteiger partial charge >= 0.3 is 0 Å². The average molecular weight is 320 g/mol. The SMILES string of the molecule is CC(=O)O.CC(=O)O.O=S(CCO)CS(=O)CCO. The van der Waals surface area contributed by atoms with Crippen LogP contribution in [0.5, 0.6) is 0 Å². The van der Waals surface area contributed by atoms with Gasteiger partial charge in [0.25, 0.3) is 11.9 Å². The van der Waals surface area contributed by atoms with Gasteiger partial charge in [0.2, 0.25) is 0 Å². The van der Waals surface area contributed by atoms with Crippen LogP contribution < -0.4 is 0 Å². The number of aliphatic carboxylic acids is 2. The molecule has 4 N–H and O–H groups in total. The van der Waals surface area contributed by atoms with E-state index >= 15 is 0 Å². The summed E-state index contributed by atoms with van der Waals surface area (Å²) in [5.41, 5.74) is 0. The minimum Gasteiger partial charge on any atom is -0.481 e. The number of carboxylic acid groups (broad SMARTS) is 2. The molecule has 0 aromatic rings. The summed E-state index contributed by atoms with van der Waals surface area (Å²) in [6.07, 6.45) is 0. The Bertz CT molecular complexity index is 256. The first-order chi connectivity index (χ1) is 8.67. The van der Waals surface area contributed by atoms with E-state index in [1.165, 1.54) is 0 Å². The maximum atomic E-state index is 10.8. The van der Waals surface area contributed by atoms with Crippen LogP contribution in [-0.4, -0.2) is 70.6 Å². The van der Waals surface area contributed by atoms with Crippen LogP contribution in [0.25, 0.3) is 0 Å². The van der Waals surface area contributed by atoms with Crippen molar-refractivity contribution < 1.29 is 38.4 Å². The Balaban J connectivity index is -0.000000264. The van der Waals surface area contributed by atoms with Crippen molar-refractivity contribution in [1.82, 2.24) is 0 Å². The molecular weight excluding hydrogens is 300 g/mol. The van der Waals surface area contributed by atoms with Gasteiger partial charge in [0.15, 0.2) is 0 Å². The van der Waals surface area contributed by atoms with Crippen molar-refractivity contribution in [2.75, 3.05) is 29.8 Å². The molecule has 0 saturated carbocycles. The lowest BCUT2D eigenvalue weighted by Crippen LogP contribution is -2.14. The molecule has 0 heterocycles. The van der Waals surface area contributed by atoms with Crippen molar-refractivity contribution in [2.45, 2.75) is 13.8 Å². The van der Waals surface area contributed by atoms with Gasteiger partial charge in [0.05, 0.1) is 18.3 Å². The molecule has 0 spiro atoms. The van der Waals surface area contributed by atoms with E-state index in [9.17, 15) is 8.42 Å². The first-order valence-electron chi connectivity index (χ1n) is 4.98. The third-order valence-corrected chi connectivity index (χ3v) is 4.28. The number of hydrogen-bond donors (Lipinski definition) is 4. The zero-order valence-electron chi connectivity index (χ0n) is 10.8. The lowest BCUT2D eigenvalue weighted by molar-refractivity contribution is -0.135. The topological polar surface area (TPSA) is 149 Å². The molecular formula is C9H20O8S2. The zero-order valence-corrected chi connectivity index (χ0v) is 12.4. The monoisotopic (exact) mass is 320 g/mol. The van der Waals surface area contributed by atoms with E-state index in [2.05, 4.69) is 0 Å². The predicted molar refractivity (Wildman–Crippen MR) is 71.7 cm³/mol. The fourth-order valence-corrected chi connectivity index (χ4v) is 2.99.